The first kappa shape index (κ1) is 42.0. The number of anilines is 2. The molecule has 1 aromatic heterocycles. The van der Waals surface area contributed by atoms with Gasteiger partial charge in [0.1, 0.15) is 36.2 Å². The Bertz CT molecular complexity index is 2320. The Labute approximate surface area is 345 Å². The normalized spacial score (nSPS) is 17.6. The zero-order chi connectivity index (χ0) is 42.7. The third-order valence-electron chi connectivity index (χ3n) is 10.5. The van der Waals surface area contributed by atoms with Crippen molar-refractivity contribution in [1.29, 1.82) is 0 Å². The van der Waals surface area contributed by atoms with Gasteiger partial charge in [-0.15, -0.1) is 0 Å². The Morgan fingerprint density at radius 3 is 2.33 bits per heavy atom. The molecule has 318 valence electrons. The molecule has 4 aromatic rings. The van der Waals surface area contributed by atoms with Crippen molar-refractivity contribution in [1.82, 2.24) is 9.88 Å². The van der Waals surface area contributed by atoms with E-state index in [-0.39, 0.29) is 60.7 Å². The minimum absolute atomic E-state index is 0.000492. The molecule has 1 N–H and O–H groups in total. The van der Waals surface area contributed by atoms with E-state index in [0.717, 1.165) is 18.4 Å². The van der Waals surface area contributed by atoms with Gasteiger partial charge in [-0.1, -0.05) is 30.3 Å². The average molecular weight is 831 g/mol. The van der Waals surface area contributed by atoms with E-state index in [0.29, 0.717) is 37.1 Å². The highest BCUT2D eigenvalue weighted by molar-refractivity contribution is 5.95. The molecule has 2 unspecified atom stereocenters. The number of nitrogens with one attached hydrogen (secondary N) is 1. The lowest BCUT2D eigenvalue weighted by molar-refractivity contribution is -0.148. The fourth-order valence-corrected chi connectivity index (χ4v) is 7.19. The monoisotopic (exact) mass is 830 g/mol. The molecule has 1 saturated carbocycles. The van der Waals surface area contributed by atoms with Gasteiger partial charge in [0, 0.05) is 36.8 Å². The van der Waals surface area contributed by atoms with Crippen molar-refractivity contribution < 1.29 is 51.6 Å². The molecule has 2 atom stereocenters. The second-order valence-corrected chi connectivity index (χ2v) is 16.4. The predicted octanol–water partition coefficient (Wildman–Crippen LogP) is 7.05. The van der Waals surface area contributed by atoms with Gasteiger partial charge in [0.15, 0.2) is 17.7 Å². The van der Waals surface area contributed by atoms with E-state index >= 15 is 8.78 Å². The van der Waals surface area contributed by atoms with Crippen molar-refractivity contribution in [2.75, 3.05) is 42.6 Å². The average Bonchev–Trinajstić information content (AvgIpc) is 3.99. The molecule has 0 radical (unpaired) electrons. The molecule has 0 bridgehead atoms. The van der Waals surface area contributed by atoms with Gasteiger partial charge in [-0.2, -0.15) is 0 Å². The van der Waals surface area contributed by atoms with Crippen LogP contribution in [-0.4, -0.2) is 79.3 Å². The van der Waals surface area contributed by atoms with Crippen LogP contribution in [0, 0.1) is 17.6 Å². The minimum atomic E-state index is -1.01. The zero-order valence-electron chi connectivity index (χ0n) is 33.9. The van der Waals surface area contributed by atoms with Crippen LogP contribution >= 0.6 is 0 Å². The van der Waals surface area contributed by atoms with Crippen LogP contribution in [0.25, 0.3) is 10.9 Å². The molecule has 1 aliphatic carbocycles. The molecule has 3 aliphatic rings. The van der Waals surface area contributed by atoms with E-state index in [1.54, 1.807) is 26.8 Å². The SMILES string of the molecule is CC(NC(=O)OC(C)(C)C)C(=O)OCC1CN(c2ccc(OCC3CCN(c4cc5c(cc4F)c(=O)c(C(=O)OCc4ccccc4)cn5C4CC4)CC3)c(F)c2)C(=O)O1. The van der Waals surface area contributed by atoms with Crippen molar-refractivity contribution in [2.45, 2.75) is 83.8 Å². The number of cyclic esters (lactones) is 1. The summed E-state index contributed by atoms with van der Waals surface area (Å²) in [4.78, 5) is 66.7. The topological polar surface area (TPSA) is 155 Å². The van der Waals surface area contributed by atoms with Crippen LogP contribution in [0.4, 0.5) is 29.7 Å². The van der Waals surface area contributed by atoms with Crippen LogP contribution in [0.2, 0.25) is 0 Å². The second kappa shape index (κ2) is 17.6. The molecule has 3 aromatic carbocycles. The van der Waals surface area contributed by atoms with Crippen molar-refractivity contribution >= 4 is 46.4 Å². The van der Waals surface area contributed by atoms with Crippen LogP contribution in [0.5, 0.6) is 5.75 Å². The molecule has 14 nitrogen and oxygen atoms in total. The molecule has 0 spiro atoms. The Morgan fingerprint density at radius 2 is 1.65 bits per heavy atom. The predicted molar refractivity (Wildman–Crippen MR) is 216 cm³/mol. The molecule has 16 heteroatoms. The number of carbonyl (C=O) groups is 4. The number of piperidine rings is 1. The number of nitrogens with zero attached hydrogens (tertiary/aromatic N) is 3. The number of fused-ring (bicyclic) bond motifs is 1. The summed E-state index contributed by atoms with van der Waals surface area (Å²) in [5.74, 6) is -2.68. The lowest BCUT2D eigenvalue weighted by Crippen LogP contribution is -2.43. The number of rotatable bonds is 13. The summed E-state index contributed by atoms with van der Waals surface area (Å²) in [5.41, 5.74) is 0.487. The fraction of sp³-hybridized carbons (Fsp3) is 0.432. The number of hydrogen-bond donors (Lipinski definition) is 1. The summed E-state index contributed by atoms with van der Waals surface area (Å²) >= 11 is 0. The van der Waals surface area contributed by atoms with Gasteiger partial charge >= 0.3 is 24.1 Å². The van der Waals surface area contributed by atoms with E-state index < -0.39 is 58.9 Å². The third kappa shape index (κ3) is 9.97. The number of aromatic nitrogens is 1. The number of alkyl carbamates (subject to hydrolysis) is 1. The summed E-state index contributed by atoms with van der Waals surface area (Å²) in [6, 6.07) is 15.3. The maximum Gasteiger partial charge on any atom is 0.414 e. The van der Waals surface area contributed by atoms with E-state index in [1.807, 2.05) is 39.8 Å². The molecule has 60 heavy (non-hydrogen) atoms. The van der Waals surface area contributed by atoms with Crippen LogP contribution < -0.4 is 25.3 Å². The van der Waals surface area contributed by atoms with Crippen LogP contribution in [0.3, 0.4) is 0 Å². The summed E-state index contributed by atoms with van der Waals surface area (Å²) in [7, 11) is 0. The number of ether oxygens (including phenoxy) is 5. The van der Waals surface area contributed by atoms with Crippen molar-refractivity contribution in [3.8, 4) is 5.75 Å². The van der Waals surface area contributed by atoms with Crippen molar-refractivity contribution in [2.24, 2.45) is 5.92 Å². The quantitative estimate of drug-likeness (QED) is 0.109. The first-order valence-corrected chi connectivity index (χ1v) is 20.0. The largest absolute Gasteiger partial charge is 0.490 e. The van der Waals surface area contributed by atoms with E-state index in [2.05, 4.69) is 5.32 Å². The Hall–Kier alpha value is -6.19. The molecular formula is C44H48F2N4O10. The standard InChI is InChI=1S/C44H48F2N4O10/c1-26(47-42(54)60-44(2,3)4)40(52)58-25-31-21-50(43(55)59-31)30-12-13-38(35(46)18-30)56-23-28-14-16-48(17-15-28)37-20-36-32(19-34(37)45)39(51)33(22-49(36)29-10-11-29)41(53)57-24-27-8-6-5-7-9-27/h5-9,12-13,18-20,22,26,28-29,31H,10-11,14-17,21,23-25H2,1-4H3,(H,47,54). The molecular weight excluding hydrogens is 782 g/mol. The molecule has 3 fully saturated rings. The number of benzene rings is 3. The maximum absolute atomic E-state index is 15.8. The van der Waals surface area contributed by atoms with Gasteiger partial charge in [-0.05, 0) is 89.1 Å². The van der Waals surface area contributed by atoms with Crippen molar-refractivity contribution in [3.05, 3.63) is 99.8 Å². The summed E-state index contributed by atoms with van der Waals surface area (Å²) in [6.45, 7) is 7.47. The van der Waals surface area contributed by atoms with E-state index in [4.69, 9.17) is 23.7 Å². The number of carbonyl (C=O) groups excluding carboxylic acids is 4. The van der Waals surface area contributed by atoms with Gasteiger partial charge in [0.05, 0.1) is 30.0 Å². The molecule has 2 amide bonds. The highest BCUT2D eigenvalue weighted by Crippen LogP contribution is 2.39. The van der Waals surface area contributed by atoms with Gasteiger partial charge in [-0.3, -0.25) is 9.69 Å². The smallest absolute Gasteiger partial charge is 0.414 e. The minimum Gasteiger partial charge on any atom is -0.490 e. The van der Waals surface area contributed by atoms with Gasteiger partial charge in [0.25, 0.3) is 0 Å². The Morgan fingerprint density at radius 1 is 0.917 bits per heavy atom. The van der Waals surface area contributed by atoms with Gasteiger partial charge < -0.3 is 38.5 Å². The number of esters is 2. The van der Waals surface area contributed by atoms with E-state index in [9.17, 15) is 24.0 Å². The van der Waals surface area contributed by atoms with Crippen LogP contribution in [0.1, 0.15) is 75.3 Å². The van der Waals surface area contributed by atoms with Gasteiger partial charge in [-0.25, -0.2) is 28.0 Å². The second-order valence-electron chi connectivity index (χ2n) is 16.4. The summed E-state index contributed by atoms with van der Waals surface area (Å²) < 4.78 is 59.9. The number of amides is 2. The lowest BCUT2D eigenvalue weighted by atomic mass is 9.97. The molecule has 2 saturated heterocycles. The van der Waals surface area contributed by atoms with Crippen LogP contribution in [-0.2, 0) is 30.3 Å². The molecule has 3 heterocycles. The lowest BCUT2D eigenvalue weighted by Gasteiger charge is -2.34. The maximum atomic E-state index is 15.8. The third-order valence-corrected chi connectivity index (χ3v) is 10.5. The number of halogens is 2. The number of pyridine rings is 1. The van der Waals surface area contributed by atoms with E-state index in [1.165, 1.54) is 42.3 Å². The Balaban J connectivity index is 0.912. The number of hydrogen-bond acceptors (Lipinski definition) is 11. The zero-order valence-corrected chi connectivity index (χ0v) is 33.9. The molecule has 2 aliphatic heterocycles. The van der Waals surface area contributed by atoms with Crippen molar-refractivity contribution in [3.63, 3.8) is 0 Å². The first-order valence-electron chi connectivity index (χ1n) is 20.0. The fourth-order valence-electron chi connectivity index (χ4n) is 7.19. The summed E-state index contributed by atoms with van der Waals surface area (Å²) in [5, 5.41) is 2.51. The molecule has 7 rings (SSSR count). The first-order chi connectivity index (χ1) is 28.6. The highest BCUT2D eigenvalue weighted by atomic mass is 19.1. The van der Waals surface area contributed by atoms with Crippen LogP contribution in [0.15, 0.2) is 71.7 Å². The highest BCUT2D eigenvalue weighted by Gasteiger charge is 2.35. The van der Waals surface area contributed by atoms with Gasteiger partial charge in [0.2, 0.25) is 5.43 Å². The Kier molecular flexibility index (Phi) is 12.3. The summed E-state index contributed by atoms with van der Waals surface area (Å²) in [6.07, 6.45) is 2.23.